The summed E-state index contributed by atoms with van der Waals surface area (Å²) in [4.78, 5) is 0. The number of ether oxygens (including phenoxy) is 1. The quantitative estimate of drug-likeness (QED) is 0.769. The Bertz CT molecular complexity index is 355. The zero-order valence-corrected chi connectivity index (χ0v) is 12.9. The van der Waals surface area contributed by atoms with Crippen LogP contribution in [0.4, 0.5) is 0 Å². The van der Waals surface area contributed by atoms with Crippen LogP contribution < -0.4 is 10.1 Å². The van der Waals surface area contributed by atoms with Crippen LogP contribution in [0.2, 0.25) is 0 Å². The van der Waals surface area contributed by atoms with Crippen molar-refractivity contribution in [3.05, 3.63) is 17.8 Å². The van der Waals surface area contributed by atoms with Crippen molar-refractivity contribution in [2.45, 2.75) is 59.5 Å². The summed E-state index contributed by atoms with van der Waals surface area (Å²) in [5, 5.41) is 11.6. The molecule has 0 spiro atoms. The predicted octanol–water partition coefficient (Wildman–Crippen LogP) is 3.18. The predicted molar refractivity (Wildman–Crippen MR) is 78.2 cm³/mol. The lowest BCUT2D eigenvalue weighted by atomic mass is 10.1. The summed E-state index contributed by atoms with van der Waals surface area (Å²) < 4.78 is 5.56. The lowest BCUT2D eigenvalue weighted by Crippen LogP contribution is -2.35. The maximum atomic E-state index is 5.56. The Kier molecular flexibility index (Phi) is 6.22. The first-order valence-corrected chi connectivity index (χ1v) is 7.07. The van der Waals surface area contributed by atoms with Gasteiger partial charge in [-0.05, 0) is 45.6 Å². The number of hydrogen-bond donors (Lipinski definition) is 1. The number of nitrogens with one attached hydrogen (secondary N) is 1. The first-order valence-electron chi connectivity index (χ1n) is 7.07. The molecule has 108 valence electrons. The van der Waals surface area contributed by atoms with Crippen LogP contribution in [0.5, 0.6) is 5.88 Å². The fourth-order valence-electron chi connectivity index (χ4n) is 1.54. The lowest BCUT2D eigenvalue weighted by molar-refractivity contribution is 0.283. The Balaban J connectivity index is 2.31. The second-order valence-electron chi connectivity index (χ2n) is 6.35. The van der Waals surface area contributed by atoms with Crippen LogP contribution in [0, 0.1) is 5.92 Å². The van der Waals surface area contributed by atoms with Gasteiger partial charge < -0.3 is 10.1 Å². The van der Waals surface area contributed by atoms with Crippen LogP contribution >= 0.6 is 0 Å². The Hall–Kier alpha value is -1.16. The molecule has 0 fully saturated rings. The van der Waals surface area contributed by atoms with Gasteiger partial charge in [0.25, 0.3) is 0 Å². The number of hydrogen-bond acceptors (Lipinski definition) is 4. The maximum Gasteiger partial charge on any atom is 0.233 e. The normalized spacial score (nSPS) is 11.9. The van der Waals surface area contributed by atoms with Crippen LogP contribution in [0.15, 0.2) is 12.1 Å². The molecule has 0 unspecified atom stereocenters. The Morgan fingerprint density at radius 3 is 2.47 bits per heavy atom. The van der Waals surface area contributed by atoms with Crippen molar-refractivity contribution in [3.63, 3.8) is 0 Å². The van der Waals surface area contributed by atoms with E-state index in [9.17, 15) is 0 Å². The standard InChI is InChI=1S/C15H27N3O/c1-12(2)7-6-10-19-14-9-8-13(17-18-14)11-16-15(3,4)5/h8-9,12,16H,6-7,10-11H2,1-5H3. The Morgan fingerprint density at radius 1 is 1.21 bits per heavy atom. The van der Waals surface area contributed by atoms with E-state index in [2.05, 4.69) is 50.1 Å². The highest BCUT2D eigenvalue weighted by molar-refractivity contribution is 5.11. The molecule has 19 heavy (non-hydrogen) atoms. The van der Waals surface area contributed by atoms with E-state index in [4.69, 9.17) is 4.74 Å². The van der Waals surface area contributed by atoms with E-state index in [1.54, 1.807) is 0 Å². The molecule has 0 saturated carbocycles. The van der Waals surface area contributed by atoms with E-state index in [0.29, 0.717) is 12.5 Å². The van der Waals surface area contributed by atoms with Crippen molar-refractivity contribution in [3.8, 4) is 5.88 Å². The van der Waals surface area contributed by atoms with Crippen molar-refractivity contribution in [1.82, 2.24) is 15.5 Å². The molecule has 0 aromatic carbocycles. The lowest BCUT2D eigenvalue weighted by Gasteiger charge is -2.19. The fraction of sp³-hybridized carbons (Fsp3) is 0.733. The molecule has 0 amide bonds. The van der Waals surface area contributed by atoms with Crippen LogP contribution in [-0.2, 0) is 6.54 Å². The molecule has 0 bridgehead atoms. The molecule has 1 N–H and O–H groups in total. The van der Waals surface area contributed by atoms with Crippen molar-refractivity contribution < 1.29 is 4.74 Å². The SMILES string of the molecule is CC(C)CCCOc1ccc(CNC(C)(C)C)nn1. The summed E-state index contributed by atoms with van der Waals surface area (Å²) in [6, 6.07) is 3.85. The van der Waals surface area contributed by atoms with E-state index in [0.717, 1.165) is 24.6 Å². The first-order chi connectivity index (χ1) is 8.87. The van der Waals surface area contributed by atoms with Crippen LogP contribution in [0.1, 0.15) is 53.2 Å². The van der Waals surface area contributed by atoms with Gasteiger partial charge in [-0.1, -0.05) is 13.8 Å². The smallest absolute Gasteiger partial charge is 0.233 e. The summed E-state index contributed by atoms with van der Waals surface area (Å²) >= 11 is 0. The highest BCUT2D eigenvalue weighted by Gasteiger charge is 2.09. The molecule has 0 aliphatic heterocycles. The second-order valence-corrected chi connectivity index (χ2v) is 6.35. The summed E-state index contributed by atoms with van der Waals surface area (Å²) in [5.74, 6) is 1.34. The van der Waals surface area contributed by atoms with Gasteiger partial charge in [0, 0.05) is 18.2 Å². The van der Waals surface area contributed by atoms with Crippen LogP contribution in [-0.4, -0.2) is 22.3 Å². The third kappa shape index (κ3) is 7.78. The van der Waals surface area contributed by atoms with E-state index < -0.39 is 0 Å². The van der Waals surface area contributed by atoms with Gasteiger partial charge in [-0.25, -0.2) is 0 Å². The van der Waals surface area contributed by atoms with Gasteiger partial charge in [0.1, 0.15) is 0 Å². The second kappa shape index (κ2) is 7.43. The van der Waals surface area contributed by atoms with E-state index in [1.807, 2.05) is 12.1 Å². The largest absolute Gasteiger partial charge is 0.477 e. The van der Waals surface area contributed by atoms with Gasteiger partial charge in [-0.15, -0.1) is 5.10 Å². The molecule has 0 aliphatic carbocycles. The fourth-order valence-corrected chi connectivity index (χ4v) is 1.54. The minimum absolute atomic E-state index is 0.0910. The van der Waals surface area contributed by atoms with Gasteiger partial charge >= 0.3 is 0 Å². The van der Waals surface area contributed by atoms with Crippen molar-refractivity contribution in [2.24, 2.45) is 5.92 Å². The summed E-state index contributed by atoms with van der Waals surface area (Å²) in [5.41, 5.74) is 1.03. The van der Waals surface area contributed by atoms with Crippen molar-refractivity contribution >= 4 is 0 Å². The van der Waals surface area contributed by atoms with Crippen molar-refractivity contribution in [1.29, 1.82) is 0 Å². The average Bonchev–Trinajstić information content (AvgIpc) is 2.32. The van der Waals surface area contributed by atoms with Gasteiger partial charge in [-0.3, -0.25) is 0 Å². The zero-order valence-electron chi connectivity index (χ0n) is 12.9. The van der Waals surface area contributed by atoms with Gasteiger partial charge in [0.15, 0.2) is 0 Å². The minimum atomic E-state index is 0.0910. The molecular formula is C15H27N3O. The van der Waals surface area contributed by atoms with E-state index in [-0.39, 0.29) is 5.54 Å². The summed E-state index contributed by atoms with van der Waals surface area (Å²) in [6.07, 6.45) is 2.24. The summed E-state index contributed by atoms with van der Waals surface area (Å²) in [6.45, 7) is 12.3. The highest BCUT2D eigenvalue weighted by atomic mass is 16.5. The molecule has 0 atom stereocenters. The van der Waals surface area contributed by atoms with Crippen LogP contribution in [0.25, 0.3) is 0 Å². The number of nitrogens with zero attached hydrogens (tertiary/aromatic N) is 2. The molecular weight excluding hydrogens is 238 g/mol. The number of rotatable bonds is 7. The molecule has 4 heteroatoms. The van der Waals surface area contributed by atoms with Gasteiger partial charge in [-0.2, -0.15) is 5.10 Å². The van der Waals surface area contributed by atoms with E-state index >= 15 is 0 Å². The maximum absolute atomic E-state index is 5.56. The third-order valence-electron chi connectivity index (χ3n) is 2.67. The monoisotopic (exact) mass is 265 g/mol. The van der Waals surface area contributed by atoms with Crippen molar-refractivity contribution in [2.75, 3.05) is 6.61 Å². The third-order valence-corrected chi connectivity index (χ3v) is 2.67. The molecule has 4 nitrogen and oxygen atoms in total. The molecule has 0 aliphatic rings. The molecule has 1 rings (SSSR count). The molecule has 1 heterocycles. The highest BCUT2D eigenvalue weighted by Crippen LogP contribution is 2.09. The topological polar surface area (TPSA) is 47.0 Å². The Morgan fingerprint density at radius 2 is 1.95 bits per heavy atom. The zero-order chi connectivity index (χ0) is 14.3. The molecule has 1 aromatic rings. The summed E-state index contributed by atoms with van der Waals surface area (Å²) in [7, 11) is 0. The Labute approximate surface area is 117 Å². The first kappa shape index (κ1) is 15.9. The minimum Gasteiger partial charge on any atom is -0.477 e. The molecule has 0 saturated heterocycles. The number of aromatic nitrogens is 2. The van der Waals surface area contributed by atoms with Crippen LogP contribution in [0.3, 0.4) is 0 Å². The van der Waals surface area contributed by atoms with Gasteiger partial charge in [0.2, 0.25) is 5.88 Å². The average molecular weight is 265 g/mol. The van der Waals surface area contributed by atoms with Gasteiger partial charge in [0.05, 0.1) is 12.3 Å². The molecule has 0 radical (unpaired) electrons. The van der Waals surface area contributed by atoms with E-state index in [1.165, 1.54) is 6.42 Å². The molecule has 1 aromatic heterocycles.